The molecule has 106 valence electrons. The van der Waals surface area contributed by atoms with Gasteiger partial charge in [-0.1, -0.05) is 31.0 Å². The maximum absolute atomic E-state index is 10.6. The number of hydrogen-bond acceptors (Lipinski definition) is 5. The number of nitrogens with zero attached hydrogens (tertiary/aromatic N) is 4. The van der Waals surface area contributed by atoms with E-state index in [0.717, 1.165) is 19.0 Å². The SMILES string of the molecule is Cn1c(SCC(=O)O)nnc1N1CCCCCCC1. The summed E-state index contributed by atoms with van der Waals surface area (Å²) in [4.78, 5) is 12.8. The molecule has 1 saturated heterocycles. The van der Waals surface area contributed by atoms with Gasteiger partial charge in [-0.3, -0.25) is 9.36 Å². The first-order chi connectivity index (χ1) is 9.18. The van der Waals surface area contributed by atoms with Crippen molar-refractivity contribution >= 4 is 23.7 Å². The molecule has 0 saturated carbocycles. The van der Waals surface area contributed by atoms with Crippen LogP contribution in [-0.4, -0.2) is 44.7 Å². The Kier molecular flexibility index (Phi) is 5.07. The van der Waals surface area contributed by atoms with Crippen molar-refractivity contribution in [3.8, 4) is 0 Å². The molecule has 7 heteroatoms. The van der Waals surface area contributed by atoms with Crippen molar-refractivity contribution < 1.29 is 9.90 Å². The summed E-state index contributed by atoms with van der Waals surface area (Å²) in [5.41, 5.74) is 0. The lowest BCUT2D eigenvalue weighted by atomic mass is 10.1. The molecule has 1 aromatic heterocycles. The van der Waals surface area contributed by atoms with Crippen LogP contribution >= 0.6 is 11.8 Å². The van der Waals surface area contributed by atoms with Crippen molar-refractivity contribution in [3.05, 3.63) is 0 Å². The first kappa shape index (κ1) is 14.2. The number of rotatable bonds is 4. The zero-order chi connectivity index (χ0) is 13.7. The van der Waals surface area contributed by atoms with E-state index in [2.05, 4.69) is 15.1 Å². The number of carboxylic acid groups (broad SMARTS) is 1. The topological polar surface area (TPSA) is 71.2 Å². The molecule has 0 amide bonds. The number of hydrogen-bond donors (Lipinski definition) is 1. The molecule has 0 aromatic carbocycles. The summed E-state index contributed by atoms with van der Waals surface area (Å²) in [6, 6.07) is 0. The molecule has 0 aliphatic carbocycles. The Labute approximate surface area is 117 Å². The molecular formula is C12H20N4O2S. The molecule has 0 radical (unpaired) electrons. The first-order valence-electron chi connectivity index (χ1n) is 6.67. The van der Waals surface area contributed by atoms with Gasteiger partial charge in [0.2, 0.25) is 5.95 Å². The highest BCUT2D eigenvalue weighted by molar-refractivity contribution is 7.99. The predicted octanol–water partition coefficient (Wildman–Crippen LogP) is 1.76. The van der Waals surface area contributed by atoms with E-state index in [-0.39, 0.29) is 5.75 Å². The molecule has 1 aliphatic rings. The molecule has 0 unspecified atom stereocenters. The zero-order valence-corrected chi connectivity index (χ0v) is 12.0. The van der Waals surface area contributed by atoms with Crippen molar-refractivity contribution in [2.24, 2.45) is 7.05 Å². The number of carboxylic acids is 1. The van der Waals surface area contributed by atoms with Crippen LogP contribution in [0.25, 0.3) is 0 Å². The molecule has 2 rings (SSSR count). The Morgan fingerprint density at radius 2 is 1.84 bits per heavy atom. The second-order valence-corrected chi connectivity index (χ2v) is 5.72. The molecule has 0 bridgehead atoms. The van der Waals surface area contributed by atoms with Crippen LogP contribution in [0.15, 0.2) is 5.16 Å². The minimum Gasteiger partial charge on any atom is -0.481 e. The lowest BCUT2D eigenvalue weighted by Gasteiger charge is -2.25. The third-order valence-electron chi connectivity index (χ3n) is 3.28. The molecular weight excluding hydrogens is 264 g/mol. The van der Waals surface area contributed by atoms with E-state index >= 15 is 0 Å². The molecule has 0 spiro atoms. The van der Waals surface area contributed by atoms with Crippen LogP contribution in [0.2, 0.25) is 0 Å². The number of aliphatic carboxylic acids is 1. The third kappa shape index (κ3) is 3.86. The number of carbonyl (C=O) groups is 1. The first-order valence-corrected chi connectivity index (χ1v) is 7.66. The standard InChI is InChI=1S/C12H20N4O2S/c1-15-11(13-14-12(15)19-9-10(17)18)16-7-5-3-2-4-6-8-16/h2-9H2,1H3,(H,17,18). The molecule has 2 heterocycles. The highest BCUT2D eigenvalue weighted by Crippen LogP contribution is 2.22. The van der Waals surface area contributed by atoms with Crippen molar-refractivity contribution in [1.82, 2.24) is 14.8 Å². The Balaban J connectivity index is 2.04. The van der Waals surface area contributed by atoms with E-state index < -0.39 is 5.97 Å². The molecule has 19 heavy (non-hydrogen) atoms. The lowest BCUT2D eigenvalue weighted by molar-refractivity contribution is -0.133. The summed E-state index contributed by atoms with van der Waals surface area (Å²) < 4.78 is 1.90. The quantitative estimate of drug-likeness (QED) is 0.850. The van der Waals surface area contributed by atoms with Crippen LogP contribution in [0.1, 0.15) is 32.1 Å². The van der Waals surface area contributed by atoms with E-state index in [4.69, 9.17) is 5.11 Å². The molecule has 0 atom stereocenters. The van der Waals surface area contributed by atoms with Gasteiger partial charge in [0.1, 0.15) is 0 Å². The monoisotopic (exact) mass is 284 g/mol. The third-order valence-corrected chi connectivity index (χ3v) is 4.28. The summed E-state index contributed by atoms with van der Waals surface area (Å²) in [5, 5.41) is 17.7. The minimum atomic E-state index is -0.833. The second kappa shape index (κ2) is 6.79. The van der Waals surface area contributed by atoms with Crippen molar-refractivity contribution in [2.45, 2.75) is 37.3 Å². The molecule has 1 N–H and O–H groups in total. The largest absolute Gasteiger partial charge is 0.481 e. The van der Waals surface area contributed by atoms with Crippen molar-refractivity contribution in [2.75, 3.05) is 23.7 Å². The van der Waals surface area contributed by atoms with Crippen LogP contribution < -0.4 is 4.90 Å². The summed E-state index contributed by atoms with van der Waals surface area (Å²) in [6.07, 6.45) is 6.24. The number of thioether (sulfide) groups is 1. The Morgan fingerprint density at radius 1 is 1.21 bits per heavy atom. The van der Waals surface area contributed by atoms with E-state index in [1.54, 1.807) is 0 Å². The van der Waals surface area contributed by atoms with Gasteiger partial charge in [0.05, 0.1) is 5.75 Å². The van der Waals surface area contributed by atoms with E-state index in [1.165, 1.54) is 43.9 Å². The van der Waals surface area contributed by atoms with Crippen LogP contribution in [0.4, 0.5) is 5.95 Å². The maximum atomic E-state index is 10.6. The van der Waals surface area contributed by atoms with Gasteiger partial charge in [0, 0.05) is 20.1 Å². The van der Waals surface area contributed by atoms with E-state index in [0.29, 0.717) is 5.16 Å². The van der Waals surface area contributed by atoms with Crippen molar-refractivity contribution in [1.29, 1.82) is 0 Å². The number of anilines is 1. The molecule has 1 aliphatic heterocycles. The smallest absolute Gasteiger partial charge is 0.313 e. The predicted molar refractivity (Wildman–Crippen MR) is 74.7 cm³/mol. The summed E-state index contributed by atoms with van der Waals surface area (Å²) >= 11 is 1.21. The van der Waals surface area contributed by atoms with Gasteiger partial charge < -0.3 is 10.0 Å². The lowest BCUT2D eigenvalue weighted by Crippen LogP contribution is -2.29. The Morgan fingerprint density at radius 3 is 2.47 bits per heavy atom. The van der Waals surface area contributed by atoms with Crippen LogP contribution in [0, 0.1) is 0 Å². The van der Waals surface area contributed by atoms with Crippen LogP contribution in [0.3, 0.4) is 0 Å². The fourth-order valence-electron chi connectivity index (χ4n) is 2.28. The highest BCUT2D eigenvalue weighted by Gasteiger charge is 2.17. The number of aromatic nitrogens is 3. The van der Waals surface area contributed by atoms with E-state index in [9.17, 15) is 4.79 Å². The van der Waals surface area contributed by atoms with Gasteiger partial charge in [-0.05, 0) is 12.8 Å². The van der Waals surface area contributed by atoms with Crippen LogP contribution in [0.5, 0.6) is 0 Å². The maximum Gasteiger partial charge on any atom is 0.313 e. The van der Waals surface area contributed by atoms with E-state index in [1.807, 2.05) is 11.6 Å². The fraction of sp³-hybridized carbons (Fsp3) is 0.750. The summed E-state index contributed by atoms with van der Waals surface area (Å²) in [5.74, 6) is 0.0435. The zero-order valence-electron chi connectivity index (χ0n) is 11.2. The van der Waals surface area contributed by atoms with Crippen LogP contribution in [-0.2, 0) is 11.8 Å². The van der Waals surface area contributed by atoms with Gasteiger partial charge in [0.25, 0.3) is 0 Å². The minimum absolute atomic E-state index is 0.0198. The average molecular weight is 284 g/mol. The van der Waals surface area contributed by atoms with Crippen molar-refractivity contribution in [3.63, 3.8) is 0 Å². The second-order valence-electron chi connectivity index (χ2n) is 4.78. The summed E-state index contributed by atoms with van der Waals surface area (Å²) in [7, 11) is 1.90. The summed E-state index contributed by atoms with van der Waals surface area (Å²) in [6.45, 7) is 2.02. The fourth-order valence-corrected chi connectivity index (χ4v) is 2.91. The Bertz CT molecular complexity index is 427. The average Bonchev–Trinajstić information content (AvgIpc) is 2.68. The van der Waals surface area contributed by atoms with Gasteiger partial charge in [-0.2, -0.15) is 0 Å². The highest BCUT2D eigenvalue weighted by atomic mass is 32.2. The van der Waals surface area contributed by atoms with Gasteiger partial charge in [-0.15, -0.1) is 10.2 Å². The molecule has 1 fully saturated rings. The normalized spacial score (nSPS) is 17.0. The Hall–Kier alpha value is -1.24. The molecule has 1 aromatic rings. The van der Waals surface area contributed by atoms with Gasteiger partial charge >= 0.3 is 5.97 Å². The van der Waals surface area contributed by atoms with Gasteiger partial charge in [-0.25, -0.2) is 0 Å². The molecule has 6 nitrogen and oxygen atoms in total. The van der Waals surface area contributed by atoms with Gasteiger partial charge in [0.15, 0.2) is 5.16 Å².